The van der Waals surface area contributed by atoms with Gasteiger partial charge in [-0.05, 0) is 88.8 Å². The van der Waals surface area contributed by atoms with E-state index >= 15 is 0 Å². The average Bonchev–Trinajstić information content (AvgIpc) is 3.51. The maximum absolute atomic E-state index is 7.01. The molecule has 9 aromatic carbocycles. The van der Waals surface area contributed by atoms with Crippen LogP contribution >= 0.6 is 0 Å². The lowest BCUT2D eigenvalue weighted by Gasteiger charge is -2.23. The topological polar surface area (TPSA) is 38.4 Å². The Labute approximate surface area is 334 Å². The zero-order valence-corrected chi connectivity index (χ0v) is 32.2. The molecule has 0 saturated heterocycles. The summed E-state index contributed by atoms with van der Waals surface area (Å²) in [5.74, 6) is 0.496. The van der Waals surface area contributed by atoms with Gasteiger partial charge in [-0.15, -0.1) is 0 Å². The second-order valence-corrected chi connectivity index (χ2v) is 15.7. The maximum atomic E-state index is 7.01. The van der Waals surface area contributed by atoms with Crippen molar-refractivity contribution in [2.45, 2.75) is 25.7 Å². The fourth-order valence-electron chi connectivity index (χ4n) is 9.21. The molecule has 0 bridgehead atoms. The van der Waals surface area contributed by atoms with E-state index in [1.165, 1.54) is 66.2 Å². The number of amidine groups is 1. The number of benzene rings is 9. The van der Waals surface area contributed by atoms with Gasteiger partial charge < -0.3 is 5.73 Å². The van der Waals surface area contributed by atoms with Gasteiger partial charge in [0, 0.05) is 16.5 Å². The van der Waals surface area contributed by atoms with Crippen LogP contribution in [0.3, 0.4) is 0 Å². The Bertz CT molecular complexity index is 3070. The summed E-state index contributed by atoms with van der Waals surface area (Å²) in [5, 5.41) is 7.16. The smallest absolute Gasteiger partial charge is 0.131 e. The largest absolute Gasteiger partial charge is 0.383 e. The van der Waals surface area contributed by atoms with Crippen molar-refractivity contribution < 1.29 is 0 Å². The van der Waals surface area contributed by atoms with Gasteiger partial charge in [-0.3, -0.25) is 0 Å². The number of nitrogens with zero attached hydrogens (tertiary/aromatic N) is 1. The Morgan fingerprint density at radius 3 is 1.96 bits per heavy atom. The number of aliphatic imine (C=N–C) groups is 1. The second-order valence-electron chi connectivity index (χ2n) is 15.7. The van der Waals surface area contributed by atoms with Crippen LogP contribution in [-0.2, 0) is 11.8 Å². The molecule has 0 unspecified atom stereocenters. The minimum Gasteiger partial charge on any atom is -0.383 e. The molecule has 1 aliphatic carbocycles. The minimum absolute atomic E-state index is 0.140. The van der Waals surface area contributed by atoms with Crippen LogP contribution < -0.4 is 5.73 Å². The lowest BCUT2D eigenvalue weighted by Crippen LogP contribution is -2.15. The molecule has 272 valence electrons. The molecule has 1 aliphatic rings. The highest BCUT2D eigenvalue weighted by molar-refractivity contribution is 6.12. The van der Waals surface area contributed by atoms with Crippen molar-refractivity contribution in [2.75, 3.05) is 0 Å². The van der Waals surface area contributed by atoms with Crippen molar-refractivity contribution in [3.8, 4) is 33.4 Å². The predicted octanol–water partition coefficient (Wildman–Crippen LogP) is 13.8. The van der Waals surface area contributed by atoms with Gasteiger partial charge in [-0.2, -0.15) is 0 Å². The number of nitrogens with two attached hydrogens (primary N) is 1. The molecule has 57 heavy (non-hydrogen) atoms. The van der Waals surface area contributed by atoms with Crippen molar-refractivity contribution in [3.63, 3.8) is 0 Å². The lowest BCUT2D eigenvalue weighted by molar-refractivity contribution is 0.666. The molecule has 0 aliphatic heterocycles. The number of allylic oxidation sites excluding steroid dienone is 1. The molecule has 2 nitrogen and oxygen atoms in total. The fourth-order valence-corrected chi connectivity index (χ4v) is 9.21. The van der Waals surface area contributed by atoms with Gasteiger partial charge in [-0.1, -0.05) is 208 Å². The van der Waals surface area contributed by atoms with E-state index in [-0.39, 0.29) is 5.41 Å². The minimum atomic E-state index is -0.140. The molecular formula is C55H42N2. The molecule has 0 saturated carbocycles. The lowest BCUT2D eigenvalue weighted by atomic mass is 9.80. The third kappa shape index (κ3) is 5.93. The number of rotatable bonds is 7. The van der Waals surface area contributed by atoms with Crippen LogP contribution in [0.25, 0.3) is 71.4 Å². The Kier molecular flexibility index (Phi) is 8.42. The molecular weight excluding hydrogens is 689 g/mol. The molecule has 0 radical (unpaired) electrons. The normalized spacial score (nSPS) is 13.6. The van der Waals surface area contributed by atoms with E-state index in [9.17, 15) is 0 Å². The first-order valence-corrected chi connectivity index (χ1v) is 19.8. The zero-order valence-electron chi connectivity index (χ0n) is 32.2. The SMILES string of the molecule is CC1(C)c2cccc(-c3ccc(/C(=C/Cc4cccc(-c5ccccc5)c4)N=C(N)c4cccc5ccccc45)c4ccccc34)c2-c2ccc3ccccc3c21. The van der Waals surface area contributed by atoms with Gasteiger partial charge in [0.05, 0.1) is 5.70 Å². The summed E-state index contributed by atoms with van der Waals surface area (Å²) in [7, 11) is 0. The van der Waals surface area contributed by atoms with E-state index in [2.05, 4.69) is 208 Å². The van der Waals surface area contributed by atoms with E-state index < -0.39 is 0 Å². The number of hydrogen-bond acceptors (Lipinski definition) is 1. The van der Waals surface area contributed by atoms with Crippen molar-refractivity contribution in [3.05, 3.63) is 222 Å². The first-order chi connectivity index (χ1) is 28.0. The van der Waals surface area contributed by atoms with E-state index in [0.717, 1.165) is 33.0 Å². The van der Waals surface area contributed by atoms with Crippen molar-refractivity contribution in [2.24, 2.45) is 10.7 Å². The quantitative estimate of drug-likeness (QED) is 0.129. The summed E-state index contributed by atoms with van der Waals surface area (Å²) in [6.45, 7) is 4.75. The standard InChI is InChI=1S/C55H42N2/c1-55(2)50-28-14-26-47(52(50)49-31-30-39-19-7-9-23-42(39)53(49)55)45-32-33-46(44-25-11-10-24-43(44)45)51(57-54(56)48-27-13-20-38-18-6-8-22-41(38)48)34-29-36-15-12-21-40(35-36)37-16-4-3-5-17-37/h3-28,30-35H,29H2,1-2H3,(H2,56,57)/b51-34-. The summed E-state index contributed by atoms with van der Waals surface area (Å²) in [6.07, 6.45) is 2.94. The molecule has 2 heteroatoms. The Morgan fingerprint density at radius 2 is 1.14 bits per heavy atom. The molecule has 0 aromatic heterocycles. The van der Waals surface area contributed by atoms with Crippen LogP contribution in [0.5, 0.6) is 0 Å². The fraction of sp³-hybridized carbons (Fsp3) is 0.0727. The number of hydrogen-bond donors (Lipinski definition) is 1. The first-order valence-electron chi connectivity index (χ1n) is 19.8. The second kappa shape index (κ2) is 13.9. The average molecular weight is 731 g/mol. The molecule has 0 fully saturated rings. The Hall–Kier alpha value is -7.03. The highest BCUT2D eigenvalue weighted by atomic mass is 14.9. The molecule has 9 aromatic rings. The van der Waals surface area contributed by atoms with E-state index in [0.29, 0.717) is 12.3 Å². The van der Waals surface area contributed by atoms with Gasteiger partial charge in [0.25, 0.3) is 0 Å². The summed E-state index contributed by atoms with van der Waals surface area (Å²) in [5.41, 5.74) is 21.2. The molecule has 10 rings (SSSR count). The van der Waals surface area contributed by atoms with Crippen LogP contribution in [0.2, 0.25) is 0 Å². The predicted molar refractivity (Wildman–Crippen MR) is 243 cm³/mol. The van der Waals surface area contributed by atoms with Gasteiger partial charge in [0.15, 0.2) is 0 Å². The summed E-state index contributed by atoms with van der Waals surface area (Å²) >= 11 is 0. The highest BCUT2D eigenvalue weighted by Gasteiger charge is 2.38. The third-order valence-electron chi connectivity index (χ3n) is 11.9. The maximum Gasteiger partial charge on any atom is 0.131 e. The van der Waals surface area contributed by atoms with Crippen molar-refractivity contribution in [1.29, 1.82) is 0 Å². The third-order valence-corrected chi connectivity index (χ3v) is 11.9. The van der Waals surface area contributed by atoms with E-state index in [4.69, 9.17) is 10.7 Å². The molecule has 0 amide bonds. The number of fused-ring (bicyclic) bond motifs is 7. The van der Waals surface area contributed by atoms with Crippen LogP contribution in [0.4, 0.5) is 0 Å². The van der Waals surface area contributed by atoms with Gasteiger partial charge in [0.2, 0.25) is 0 Å². The summed E-state index contributed by atoms with van der Waals surface area (Å²) in [6, 6.07) is 67.6. The van der Waals surface area contributed by atoms with Crippen LogP contribution in [-0.4, -0.2) is 5.84 Å². The summed E-state index contributed by atoms with van der Waals surface area (Å²) in [4.78, 5) is 5.31. The molecule has 0 spiro atoms. The van der Waals surface area contributed by atoms with Crippen molar-refractivity contribution >= 4 is 43.9 Å². The first kappa shape index (κ1) is 34.5. The monoisotopic (exact) mass is 730 g/mol. The van der Waals surface area contributed by atoms with E-state index in [1.54, 1.807) is 0 Å². The zero-order chi connectivity index (χ0) is 38.5. The van der Waals surface area contributed by atoms with Gasteiger partial charge in [-0.25, -0.2) is 4.99 Å². The van der Waals surface area contributed by atoms with Crippen molar-refractivity contribution in [1.82, 2.24) is 0 Å². The Balaban J connectivity index is 1.14. The molecule has 2 N–H and O–H groups in total. The van der Waals surface area contributed by atoms with Crippen LogP contribution in [0.15, 0.2) is 199 Å². The van der Waals surface area contributed by atoms with E-state index in [1.807, 2.05) is 0 Å². The van der Waals surface area contributed by atoms with Crippen LogP contribution in [0.1, 0.15) is 41.7 Å². The van der Waals surface area contributed by atoms with Crippen LogP contribution in [0, 0.1) is 0 Å². The highest BCUT2D eigenvalue weighted by Crippen LogP contribution is 2.55. The Morgan fingerprint density at radius 1 is 0.509 bits per heavy atom. The molecule has 0 atom stereocenters. The summed E-state index contributed by atoms with van der Waals surface area (Å²) < 4.78 is 0. The molecule has 0 heterocycles. The van der Waals surface area contributed by atoms with Gasteiger partial charge in [0.1, 0.15) is 5.84 Å². The van der Waals surface area contributed by atoms with Gasteiger partial charge >= 0.3 is 0 Å².